The minimum absolute atomic E-state index is 0.0167. The summed E-state index contributed by atoms with van der Waals surface area (Å²) in [6.45, 7) is 2.68. The van der Waals surface area contributed by atoms with Crippen LogP contribution in [0.5, 0.6) is 0 Å². The molecule has 0 aromatic rings. The summed E-state index contributed by atoms with van der Waals surface area (Å²) in [6.07, 6.45) is 3.58. The van der Waals surface area contributed by atoms with Crippen LogP contribution in [0.25, 0.3) is 0 Å². The Kier molecular flexibility index (Phi) is 4.69. The maximum absolute atomic E-state index is 11.3. The molecule has 0 saturated heterocycles. The van der Waals surface area contributed by atoms with Crippen molar-refractivity contribution in [1.82, 2.24) is 0 Å². The van der Waals surface area contributed by atoms with E-state index in [4.69, 9.17) is 15.3 Å². The molecule has 1 fully saturated rings. The lowest BCUT2D eigenvalue weighted by Crippen LogP contribution is -2.36. The molecule has 0 radical (unpaired) electrons. The number of nitrogens with zero attached hydrogens (tertiary/aromatic N) is 2. The van der Waals surface area contributed by atoms with Crippen LogP contribution in [0.2, 0.25) is 0 Å². The minimum Gasteiger partial charge on any atom is -0.373 e. The molecule has 0 aromatic heterocycles. The highest BCUT2D eigenvalue weighted by atomic mass is 16.5. The monoisotopic (exact) mass is 218 g/mol. The highest BCUT2D eigenvalue weighted by Gasteiger charge is 2.34. The largest absolute Gasteiger partial charge is 0.373 e. The van der Waals surface area contributed by atoms with E-state index >= 15 is 0 Å². The van der Waals surface area contributed by atoms with Gasteiger partial charge in [0.2, 0.25) is 0 Å². The van der Waals surface area contributed by atoms with Gasteiger partial charge >= 0.3 is 0 Å². The summed E-state index contributed by atoms with van der Waals surface area (Å²) in [4.78, 5) is 11.3. The zero-order chi connectivity index (χ0) is 12.0. The molecule has 4 nitrogen and oxygen atoms in total. The third kappa shape index (κ3) is 2.92. The normalized spacial score (nSPS) is 21.6. The van der Waals surface area contributed by atoms with E-state index < -0.39 is 5.92 Å². The predicted octanol–water partition coefficient (Wildman–Crippen LogP) is 1.73. The summed E-state index contributed by atoms with van der Waals surface area (Å²) in [5.41, 5.74) is 0.490. The van der Waals surface area contributed by atoms with Gasteiger partial charge in [-0.05, 0) is 12.5 Å². The van der Waals surface area contributed by atoms with Crippen LogP contribution in [-0.4, -0.2) is 18.5 Å². The predicted molar refractivity (Wildman–Crippen MR) is 57.1 cm³/mol. The summed E-state index contributed by atoms with van der Waals surface area (Å²) in [5.74, 6) is -0.867. The number of ketones is 1. The maximum atomic E-state index is 11.3. The molecule has 0 bridgehead atoms. The Hall–Kier alpha value is -1.65. The topological polar surface area (TPSA) is 73.9 Å². The quantitative estimate of drug-likeness (QED) is 0.520. The molecule has 0 N–H and O–H groups in total. The second-order valence-electron chi connectivity index (χ2n) is 3.70. The number of Topliss-reactive ketones (excluding diaryl/α,β-unsaturated/α-hetero) is 1. The van der Waals surface area contributed by atoms with Crippen molar-refractivity contribution < 1.29 is 9.53 Å². The highest BCUT2D eigenvalue weighted by molar-refractivity contribution is 6.03. The average Bonchev–Trinajstić information content (AvgIpc) is 2.29. The lowest BCUT2D eigenvalue weighted by molar-refractivity contribution is -0.125. The minimum atomic E-state index is -0.850. The third-order valence-corrected chi connectivity index (χ3v) is 2.48. The Morgan fingerprint density at radius 2 is 2.25 bits per heavy atom. The van der Waals surface area contributed by atoms with Crippen LogP contribution in [0.3, 0.4) is 0 Å². The van der Waals surface area contributed by atoms with Crippen molar-refractivity contribution in [2.75, 3.05) is 6.61 Å². The van der Waals surface area contributed by atoms with Gasteiger partial charge in [0, 0.05) is 18.6 Å². The number of rotatable bonds is 5. The number of nitriles is 2. The first-order chi connectivity index (χ1) is 7.72. The number of hydrogen-bond acceptors (Lipinski definition) is 4. The van der Waals surface area contributed by atoms with Gasteiger partial charge in [0.1, 0.15) is 0 Å². The zero-order valence-electron chi connectivity index (χ0n) is 9.27. The van der Waals surface area contributed by atoms with Crippen molar-refractivity contribution in [3.8, 4) is 12.1 Å². The Labute approximate surface area is 95.1 Å². The van der Waals surface area contributed by atoms with Crippen molar-refractivity contribution in [2.45, 2.75) is 32.3 Å². The van der Waals surface area contributed by atoms with Gasteiger partial charge in [-0.3, -0.25) is 4.79 Å². The summed E-state index contributed by atoms with van der Waals surface area (Å²) >= 11 is 0. The van der Waals surface area contributed by atoms with Gasteiger partial charge in [0.15, 0.2) is 11.7 Å². The highest BCUT2D eigenvalue weighted by Crippen LogP contribution is 2.27. The molecule has 1 unspecified atom stereocenters. The summed E-state index contributed by atoms with van der Waals surface area (Å²) in [6, 6.07) is 3.63. The van der Waals surface area contributed by atoms with Crippen molar-refractivity contribution in [1.29, 1.82) is 10.5 Å². The van der Waals surface area contributed by atoms with Crippen molar-refractivity contribution >= 4 is 5.78 Å². The van der Waals surface area contributed by atoms with Crippen molar-refractivity contribution in [3.63, 3.8) is 0 Å². The fraction of sp³-hybridized carbons (Fsp3) is 0.583. The first-order valence-corrected chi connectivity index (χ1v) is 5.38. The van der Waals surface area contributed by atoms with Gasteiger partial charge in [-0.15, -0.1) is 0 Å². The lowest BCUT2D eigenvalue weighted by Gasteiger charge is -2.28. The van der Waals surface area contributed by atoms with E-state index in [0.717, 1.165) is 12.8 Å². The molecule has 1 saturated carbocycles. The van der Waals surface area contributed by atoms with Crippen LogP contribution in [0, 0.1) is 28.6 Å². The number of carbonyl (C=O) groups excluding carboxylic acids is 1. The number of unbranched alkanes of at least 4 members (excludes halogenated alkanes) is 1. The van der Waals surface area contributed by atoms with E-state index in [9.17, 15) is 4.79 Å². The van der Waals surface area contributed by atoms with E-state index in [1.165, 1.54) is 6.08 Å². The van der Waals surface area contributed by atoms with Crippen molar-refractivity contribution in [3.05, 3.63) is 11.6 Å². The van der Waals surface area contributed by atoms with Gasteiger partial charge in [-0.2, -0.15) is 10.5 Å². The summed E-state index contributed by atoms with van der Waals surface area (Å²) < 4.78 is 5.48. The first kappa shape index (κ1) is 12.4. The number of allylic oxidation sites excluding steroid dienone is 1. The van der Waals surface area contributed by atoms with E-state index in [1.54, 1.807) is 0 Å². The average molecular weight is 218 g/mol. The molecule has 1 rings (SSSR count). The van der Waals surface area contributed by atoms with Gasteiger partial charge in [-0.25, -0.2) is 0 Å². The Morgan fingerprint density at radius 3 is 2.75 bits per heavy atom. The van der Waals surface area contributed by atoms with Gasteiger partial charge < -0.3 is 4.74 Å². The molecule has 0 amide bonds. The summed E-state index contributed by atoms with van der Waals surface area (Å²) in [7, 11) is 0. The SMILES string of the molecule is CCCCOC1CC(=O)C1=CC(C#N)C#N. The van der Waals surface area contributed by atoms with Crippen molar-refractivity contribution in [2.24, 2.45) is 5.92 Å². The van der Waals surface area contributed by atoms with Gasteiger partial charge in [-0.1, -0.05) is 13.3 Å². The second-order valence-corrected chi connectivity index (χ2v) is 3.70. The number of hydrogen-bond donors (Lipinski definition) is 0. The van der Waals surface area contributed by atoms with Crippen LogP contribution in [-0.2, 0) is 9.53 Å². The molecule has 0 heterocycles. The molecular weight excluding hydrogens is 204 g/mol. The molecule has 16 heavy (non-hydrogen) atoms. The number of ether oxygens (including phenoxy) is 1. The second kappa shape index (κ2) is 6.05. The fourth-order valence-corrected chi connectivity index (χ4v) is 1.45. The van der Waals surface area contributed by atoms with Crippen LogP contribution < -0.4 is 0 Å². The maximum Gasteiger partial charge on any atom is 0.164 e. The standard InChI is InChI=1S/C12H14N2O2/c1-2-3-4-16-12-6-11(15)10(12)5-9(7-13)8-14/h5,9,12H,2-4,6H2,1H3. The Bertz CT molecular complexity index is 359. The van der Waals surface area contributed by atoms with E-state index in [1.807, 2.05) is 12.1 Å². The molecule has 0 aromatic carbocycles. The number of carbonyl (C=O) groups is 1. The molecule has 4 heteroatoms. The van der Waals surface area contributed by atoms with E-state index in [2.05, 4.69) is 6.92 Å². The van der Waals surface area contributed by atoms with Gasteiger partial charge in [0.05, 0.1) is 18.2 Å². The molecule has 1 aliphatic rings. The summed E-state index contributed by atoms with van der Waals surface area (Å²) in [5, 5.41) is 17.2. The molecule has 1 atom stereocenters. The zero-order valence-corrected chi connectivity index (χ0v) is 9.27. The molecular formula is C12H14N2O2. The molecule has 0 aliphatic heterocycles. The smallest absolute Gasteiger partial charge is 0.164 e. The van der Waals surface area contributed by atoms with E-state index in [0.29, 0.717) is 18.6 Å². The first-order valence-electron chi connectivity index (χ1n) is 5.38. The molecule has 0 spiro atoms. The van der Waals surface area contributed by atoms with Crippen LogP contribution in [0.15, 0.2) is 11.6 Å². The fourth-order valence-electron chi connectivity index (χ4n) is 1.45. The van der Waals surface area contributed by atoms with Gasteiger partial charge in [0.25, 0.3) is 0 Å². The Morgan fingerprint density at radius 1 is 1.56 bits per heavy atom. The lowest BCUT2D eigenvalue weighted by atomic mass is 9.84. The van der Waals surface area contributed by atoms with E-state index in [-0.39, 0.29) is 11.9 Å². The van der Waals surface area contributed by atoms with Crippen LogP contribution in [0.4, 0.5) is 0 Å². The third-order valence-electron chi connectivity index (χ3n) is 2.48. The molecule has 84 valence electrons. The molecule has 1 aliphatic carbocycles. The van der Waals surface area contributed by atoms with Crippen LogP contribution >= 0.6 is 0 Å². The Balaban J connectivity index is 2.54. The van der Waals surface area contributed by atoms with Crippen LogP contribution in [0.1, 0.15) is 26.2 Å².